The van der Waals surface area contributed by atoms with Gasteiger partial charge in [0.2, 0.25) is 5.91 Å². The predicted octanol–water partition coefficient (Wildman–Crippen LogP) is 2.08. The van der Waals surface area contributed by atoms with Crippen LogP contribution in [0.1, 0.15) is 24.8 Å². The van der Waals surface area contributed by atoms with Gasteiger partial charge in [0.15, 0.2) is 0 Å². The average Bonchev–Trinajstić information content (AvgIpc) is 2.98. The molecule has 1 heterocycles. The van der Waals surface area contributed by atoms with Gasteiger partial charge in [0.25, 0.3) is 0 Å². The molecule has 2 rings (SSSR count). The number of halogens is 1. The van der Waals surface area contributed by atoms with E-state index in [1.54, 1.807) is 7.11 Å². The van der Waals surface area contributed by atoms with E-state index in [-0.39, 0.29) is 18.3 Å². The molecule has 0 bridgehead atoms. The first-order chi connectivity index (χ1) is 10.7. The summed E-state index contributed by atoms with van der Waals surface area (Å²) in [6.07, 6.45) is 2.71. The lowest BCUT2D eigenvalue weighted by Crippen LogP contribution is -2.27. The normalized spacial score (nSPS) is 18.2. The summed E-state index contributed by atoms with van der Waals surface area (Å²) in [4.78, 5) is 12.0. The van der Waals surface area contributed by atoms with Crippen LogP contribution in [-0.2, 0) is 26.1 Å². The summed E-state index contributed by atoms with van der Waals surface area (Å²) in [7, 11) is 0.660. The van der Waals surface area contributed by atoms with Crippen molar-refractivity contribution in [1.29, 1.82) is 0 Å². The van der Waals surface area contributed by atoms with Crippen molar-refractivity contribution in [2.45, 2.75) is 31.1 Å². The molecule has 0 spiro atoms. The van der Waals surface area contributed by atoms with E-state index in [1.807, 2.05) is 24.3 Å². The maximum Gasteiger partial charge on any atom is 0.225 e. The standard InChI is InChI=1S/C16H24N2O3S.ClH/c1-21-8-9-22(20)12-13-4-2-5-15(10-13)18-16(19)11-14-6-3-7-17-14;/h2,4-5,10,14,17H,3,6-9,11-12H2,1H3,(H,18,19);1H. The molecule has 1 fully saturated rings. The largest absolute Gasteiger partial charge is 0.384 e. The first-order valence-corrected chi connectivity index (χ1v) is 9.12. The topological polar surface area (TPSA) is 67.4 Å². The molecule has 2 atom stereocenters. The molecule has 1 aliphatic heterocycles. The van der Waals surface area contributed by atoms with Gasteiger partial charge < -0.3 is 15.4 Å². The van der Waals surface area contributed by atoms with Crippen LogP contribution in [0.5, 0.6) is 0 Å². The Labute approximate surface area is 146 Å². The van der Waals surface area contributed by atoms with Crippen molar-refractivity contribution in [3.8, 4) is 0 Å². The van der Waals surface area contributed by atoms with Gasteiger partial charge in [0.1, 0.15) is 0 Å². The van der Waals surface area contributed by atoms with Crippen LogP contribution in [-0.4, -0.2) is 42.2 Å². The lowest BCUT2D eigenvalue weighted by Gasteiger charge is -2.11. The molecule has 0 aliphatic carbocycles. The second-order valence-corrected chi connectivity index (χ2v) is 7.10. The lowest BCUT2D eigenvalue weighted by atomic mass is 10.1. The van der Waals surface area contributed by atoms with Crippen molar-refractivity contribution in [3.05, 3.63) is 29.8 Å². The minimum absolute atomic E-state index is 0. The fraction of sp³-hybridized carbons (Fsp3) is 0.562. The third-order valence-corrected chi connectivity index (χ3v) is 4.93. The molecule has 1 aromatic rings. The molecule has 5 nitrogen and oxygen atoms in total. The monoisotopic (exact) mass is 360 g/mol. The third kappa shape index (κ3) is 7.44. The Morgan fingerprint density at radius 2 is 2.30 bits per heavy atom. The van der Waals surface area contributed by atoms with Crippen molar-refractivity contribution in [2.75, 3.05) is 31.3 Å². The Morgan fingerprint density at radius 3 is 3.00 bits per heavy atom. The first kappa shape index (κ1) is 20.1. The van der Waals surface area contributed by atoms with Crippen LogP contribution in [0.4, 0.5) is 5.69 Å². The molecule has 1 aromatic carbocycles. The zero-order valence-electron chi connectivity index (χ0n) is 13.4. The number of hydrogen-bond acceptors (Lipinski definition) is 4. The molecule has 23 heavy (non-hydrogen) atoms. The van der Waals surface area contributed by atoms with Gasteiger partial charge in [-0.05, 0) is 37.1 Å². The summed E-state index contributed by atoms with van der Waals surface area (Å²) in [5.74, 6) is 1.04. The molecule has 7 heteroatoms. The molecule has 0 aromatic heterocycles. The van der Waals surface area contributed by atoms with E-state index in [2.05, 4.69) is 10.6 Å². The fourth-order valence-electron chi connectivity index (χ4n) is 2.54. The van der Waals surface area contributed by atoms with Crippen LogP contribution in [0.2, 0.25) is 0 Å². The van der Waals surface area contributed by atoms with E-state index >= 15 is 0 Å². The second kappa shape index (κ2) is 10.8. The van der Waals surface area contributed by atoms with Gasteiger partial charge in [-0.1, -0.05) is 12.1 Å². The molecule has 0 saturated carbocycles. The molecular weight excluding hydrogens is 336 g/mol. The minimum Gasteiger partial charge on any atom is -0.384 e. The molecule has 130 valence electrons. The third-order valence-electron chi connectivity index (χ3n) is 3.65. The number of anilines is 1. The van der Waals surface area contributed by atoms with Crippen molar-refractivity contribution >= 4 is 34.8 Å². The van der Waals surface area contributed by atoms with Crippen molar-refractivity contribution in [2.24, 2.45) is 0 Å². The average molecular weight is 361 g/mol. The Bertz CT molecular complexity index is 522. The maximum absolute atomic E-state index is 12.0. The number of rotatable bonds is 8. The molecule has 0 radical (unpaired) electrons. The summed E-state index contributed by atoms with van der Waals surface area (Å²) in [5.41, 5.74) is 1.73. The van der Waals surface area contributed by atoms with E-state index < -0.39 is 10.8 Å². The number of benzene rings is 1. The number of carbonyl (C=O) groups excluding carboxylic acids is 1. The number of hydrogen-bond donors (Lipinski definition) is 2. The van der Waals surface area contributed by atoms with Gasteiger partial charge in [0.05, 0.1) is 6.61 Å². The second-order valence-electron chi connectivity index (χ2n) is 5.53. The van der Waals surface area contributed by atoms with Gasteiger partial charge >= 0.3 is 0 Å². The summed E-state index contributed by atoms with van der Waals surface area (Å²) in [6.45, 7) is 1.50. The summed E-state index contributed by atoms with van der Waals surface area (Å²) in [5, 5.41) is 6.24. The van der Waals surface area contributed by atoms with Crippen molar-refractivity contribution in [1.82, 2.24) is 5.32 Å². The first-order valence-electron chi connectivity index (χ1n) is 7.63. The van der Waals surface area contributed by atoms with E-state index in [9.17, 15) is 9.00 Å². The SMILES string of the molecule is COCCS(=O)Cc1cccc(NC(=O)CC2CCCN2)c1.Cl. The smallest absolute Gasteiger partial charge is 0.225 e. The number of nitrogens with one attached hydrogen (secondary N) is 2. The molecule has 1 saturated heterocycles. The minimum atomic E-state index is -0.943. The zero-order chi connectivity index (χ0) is 15.8. The van der Waals surface area contributed by atoms with Crippen molar-refractivity contribution < 1.29 is 13.7 Å². The molecule has 2 unspecified atom stereocenters. The van der Waals surface area contributed by atoms with Crippen LogP contribution in [0.15, 0.2) is 24.3 Å². The van der Waals surface area contributed by atoms with E-state index in [1.165, 1.54) is 0 Å². The number of ether oxygens (including phenoxy) is 1. The Morgan fingerprint density at radius 1 is 1.48 bits per heavy atom. The Balaban J connectivity index is 0.00000264. The summed E-state index contributed by atoms with van der Waals surface area (Å²) >= 11 is 0. The molecule has 1 aliphatic rings. The highest BCUT2D eigenvalue weighted by Crippen LogP contribution is 2.14. The fourth-order valence-corrected chi connectivity index (χ4v) is 3.59. The van der Waals surface area contributed by atoms with Crippen LogP contribution in [0, 0.1) is 0 Å². The Kier molecular flexibility index (Phi) is 9.40. The molecular formula is C16H25ClN2O3S. The molecule has 1 amide bonds. The van der Waals surface area contributed by atoms with Crippen molar-refractivity contribution in [3.63, 3.8) is 0 Å². The summed E-state index contributed by atoms with van der Waals surface area (Å²) in [6, 6.07) is 7.86. The van der Waals surface area contributed by atoms with Crippen LogP contribution >= 0.6 is 12.4 Å². The van der Waals surface area contributed by atoms with Gasteiger partial charge in [0, 0.05) is 47.6 Å². The predicted molar refractivity (Wildman–Crippen MR) is 96.6 cm³/mol. The van der Waals surface area contributed by atoms with E-state index in [4.69, 9.17) is 4.74 Å². The van der Waals surface area contributed by atoms with Crippen LogP contribution in [0.3, 0.4) is 0 Å². The Hall–Kier alpha value is -0.950. The summed E-state index contributed by atoms with van der Waals surface area (Å²) < 4.78 is 16.8. The molecule has 2 N–H and O–H groups in total. The quantitative estimate of drug-likeness (QED) is 0.744. The zero-order valence-corrected chi connectivity index (χ0v) is 15.0. The van der Waals surface area contributed by atoms with Crippen LogP contribution in [0.25, 0.3) is 0 Å². The highest BCUT2D eigenvalue weighted by molar-refractivity contribution is 7.84. The van der Waals surface area contributed by atoms with Gasteiger partial charge in [-0.2, -0.15) is 0 Å². The number of methoxy groups -OCH3 is 1. The highest BCUT2D eigenvalue weighted by Gasteiger charge is 2.17. The van der Waals surface area contributed by atoms with Gasteiger partial charge in [-0.3, -0.25) is 9.00 Å². The van der Waals surface area contributed by atoms with Gasteiger partial charge in [-0.15, -0.1) is 12.4 Å². The van der Waals surface area contributed by atoms with Crippen LogP contribution < -0.4 is 10.6 Å². The highest BCUT2D eigenvalue weighted by atomic mass is 35.5. The van der Waals surface area contributed by atoms with E-state index in [0.717, 1.165) is 30.6 Å². The van der Waals surface area contributed by atoms with Gasteiger partial charge in [-0.25, -0.2) is 0 Å². The lowest BCUT2D eigenvalue weighted by molar-refractivity contribution is -0.116. The maximum atomic E-state index is 12.0. The van der Waals surface area contributed by atoms with E-state index in [0.29, 0.717) is 30.6 Å². The number of amides is 1. The number of carbonyl (C=O) groups is 1.